The molecule has 1 saturated heterocycles. The molecule has 0 radical (unpaired) electrons. The molecule has 0 atom stereocenters. The van der Waals surface area contributed by atoms with Crippen LogP contribution in [0.1, 0.15) is 12.0 Å². The summed E-state index contributed by atoms with van der Waals surface area (Å²) in [5.41, 5.74) is 2.33. The topological polar surface area (TPSA) is 120 Å². The van der Waals surface area contributed by atoms with Gasteiger partial charge in [-0.05, 0) is 47.1 Å². The summed E-state index contributed by atoms with van der Waals surface area (Å²) >= 11 is 3.39. The number of halogens is 1. The Kier molecular flexibility index (Phi) is 7.43. The zero-order valence-electron chi connectivity index (χ0n) is 20.2. The molecule has 0 aliphatic carbocycles. The highest BCUT2D eigenvalue weighted by molar-refractivity contribution is 9.10. The normalized spacial score (nSPS) is 14.3. The first kappa shape index (κ1) is 25.6. The molecule has 4 aromatic rings. The van der Waals surface area contributed by atoms with Gasteiger partial charge in [0.25, 0.3) is 10.0 Å². The van der Waals surface area contributed by atoms with Gasteiger partial charge in [0.2, 0.25) is 0 Å². The number of aliphatic hydroxyl groups is 1. The Morgan fingerprint density at radius 2 is 1.86 bits per heavy atom. The highest BCUT2D eigenvalue weighted by Gasteiger charge is 2.26. The van der Waals surface area contributed by atoms with Crippen molar-refractivity contribution in [2.24, 2.45) is 0 Å². The smallest absolute Gasteiger partial charge is 0.283 e. The Bertz CT molecular complexity index is 1520. The molecule has 194 valence electrons. The molecule has 0 saturated carbocycles. The van der Waals surface area contributed by atoms with Gasteiger partial charge in [-0.1, -0.05) is 17.7 Å². The van der Waals surface area contributed by atoms with Crippen molar-refractivity contribution in [2.75, 3.05) is 44.4 Å². The van der Waals surface area contributed by atoms with Crippen molar-refractivity contribution in [1.82, 2.24) is 19.2 Å². The van der Waals surface area contributed by atoms with Crippen LogP contribution in [0.5, 0.6) is 5.75 Å². The van der Waals surface area contributed by atoms with E-state index in [1.807, 2.05) is 13.0 Å². The predicted octanol–water partition coefficient (Wildman–Crippen LogP) is 3.40. The number of morpholine rings is 1. The Balaban J connectivity index is 1.64. The maximum atomic E-state index is 13.6. The highest BCUT2D eigenvalue weighted by Crippen LogP contribution is 2.36. The summed E-state index contributed by atoms with van der Waals surface area (Å²) in [5, 5.41) is 14.4. The molecule has 0 spiro atoms. The number of hydrogen-bond acceptors (Lipinski definition) is 9. The lowest BCUT2D eigenvalue weighted by Crippen LogP contribution is -2.37. The molecule has 0 amide bonds. The Labute approximate surface area is 223 Å². The third-order valence-electron chi connectivity index (χ3n) is 6.03. The third-order valence-corrected chi connectivity index (χ3v) is 8.06. The van der Waals surface area contributed by atoms with Crippen molar-refractivity contribution in [3.63, 3.8) is 0 Å². The van der Waals surface area contributed by atoms with Crippen LogP contribution in [0.2, 0.25) is 0 Å². The maximum Gasteiger partial charge on any atom is 0.283 e. The average molecular weight is 588 g/mol. The number of fused-ring (bicyclic) bond motifs is 1. The summed E-state index contributed by atoms with van der Waals surface area (Å²) in [6, 6.07) is 10.2. The summed E-state index contributed by atoms with van der Waals surface area (Å²) in [6.45, 7) is 4.74. The van der Waals surface area contributed by atoms with Crippen molar-refractivity contribution in [1.29, 1.82) is 0 Å². The van der Waals surface area contributed by atoms with Gasteiger partial charge < -0.3 is 19.5 Å². The van der Waals surface area contributed by atoms with Crippen LogP contribution >= 0.6 is 15.9 Å². The van der Waals surface area contributed by atoms with E-state index in [-0.39, 0.29) is 11.5 Å². The zero-order valence-corrected chi connectivity index (χ0v) is 22.6. The van der Waals surface area contributed by atoms with Crippen molar-refractivity contribution >= 4 is 42.7 Å². The van der Waals surface area contributed by atoms with Gasteiger partial charge in [0.1, 0.15) is 15.8 Å². The lowest BCUT2D eigenvalue weighted by atomic mass is 10.1. The number of aliphatic hydroxyl groups excluding tert-OH is 1. The van der Waals surface area contributed by atoms with Gasteiger partial charge in [0.05, 0.1) is 30.9 Å². The Morgan fingerprint density at radius 3 is 2.59 bits per heavy atom. The minimum Gasteiger partial charge on any atom is -0.490 e. The van der Waals surface area contributed by atoms with Gasteiger partial charge >= 0.3 is 0 Å². The van der Waals surface area contributed by atoms with Crippen molar-refractivity contribution in [3.8, 4) is 17.0 Å². The number of anilines is 1. The van der Waals surface area contributed by atoms with Crippen LogP contribution in [0.25, 0.3) is 22.2 Å². The first-order chi connectivity index (χ1) is 17.9. The summed E-state index contributed by atoms with van der Waals surface area (Å²) < 4.78 is 40.2. The molecular weight excluding hydrogens is 562 g/mol. The van der Waals surface area contributed by atoms with E-state index >= 15 is 0 Å². The van der Waals surface area contributed by atoms with Crippen molar-refractivity contribution in [2.45, 2.75) is 18.2 Å². The quantitative estimate of drug-likeness (QED) is 0.244. The number of nitrogens with zero attached hydrogens (tertiary/aromatic N) is 5. The number of aromatic nitrogens is 4. The van der Waals surface area contributed by atoms with E-state index < -0.39 is 10.0 Å². The van der Waals surface area contributed by atoms with Gasteiger partial charge in [0, 0.05) is 43.3 Å². The van der Waals surface area contributed by atoms with E-state index in [1.54, 1.807) is 36.5 Å². The second kappa shape index (κ2) is 10.7. The van der Waals surface area contributed by atoms with E-state index in [4.69, 9.17) is 9.47 Å². The number of pyridine rings is 2. The van der Waals surface area contributed by atoms with E-state index in [0.29, 0.717) is 77.7 Å². The minimum atomic E-state index is -3.99. The minimum absolute atomic E-state index is 0.00689. The van der Waals surface area contributed by atoms with Gasteiger partial charge in [0.15, 0.2) is 11.6 Å². The van der Waals surface area contributed by atoms with Crippen molar-refractivity contribution in [3.05, 3.63) is 59.0 Å². The van der Waals surface area contributed by atoms with Gasteiger partial charge in [-0.25, -0.2) is 9.97 Å². The molecule has 1 aromatic carbocycles. The van der Waals surface area contributed by atoms with Crippen LogP contribution in [-0.4, -0.2) is 72.2 Å². The molecule has 1 fully saturated rings. The summed E-state index contributed by atoms with van der Waals surface area (Å²) in [4.78, 5) is 11.1. The number of rotatable bonds is 8. The van der Waals surface area contributed by atoms with E-state index in [1.165, 1.54) is 6.20 Å². The third kappa shape index (κ3) is 5.19. The summed E-state index contributed by atoms with van der Waals surface area (Å²) in [6.07, 6.45) is 3.62. The maximum absolute atomic E-state index is 13.6. The molecule has 12 heteroatoms. The Morgan fingerprint density at radius 1 is 1.11 bits per heavy atom. The fourth-order valence-electron chi connectivity index (χ4n) is 4.10. The molecule has 3 aromatic heterocycles. The first-order valence-electron chi connectivity index (χ1n) is 11.8. The molecule has 5 rings (SSSR count). The molecule has 0 unspecified atom stereocenters. The van der Waals surface area contributed by atoms with E-state index in [0.717, 1.165) is 9.65 Å². The zero-order chi connectivity index (χ0) is 26.0. The van der Waals surface area contributed by atoms with Gasteiger partial charge in [-0.15, -0.1) is 0 Å². The van der Waals surface area contributed by atoms with Crippen LogP contribution < -0.4 is 9.64 Å². The predicted molar refractivity (Wildman–Crippen MR) is 142 cm³/mol. The highest BCUT2D eigenvalue weighted by atomic mass is 79.9. The fourth-order valence-corrected chi connectivity index (χ4v) is 5.71. The van der Waals surface area contributed by atoms with Crippen LogP contribution in [0, 0.1) is 6.92 Å². The summed E-state index contributed by atoms with van der Waals surface area (Å²) in [7, 11) is -3.99. The number of aryl methyl sites for hydroxylation is 1. The van der Waals surface area contributed by atoms with Gasteiger partial charge in [-0.3, -0.25) is 0 Å². The van der Waals surface area contributed by atoms with Gasteiger partial charge in [-0.2, -0.15) is 17.6 Å². The number of ether oxygens (including phenoxy) is 2. The van der Waals surface area contributed by atoms with Crippen LogP contribution in [0.4, 0.5) is 5.82 Å². The molecule has 37 heavy (non-hydrogen) atoms. The molecule has 1 N–H and O–H groups in total. The van der Waals surface area contributed by atoms with Crippen LogP contribution in [-0.2, 0) is 14.8 Å². The van der Waals surface area contributed by atoms with Crippen LogP contribution in [0.3, 0.4) is 0 Å². The average Bonchev–Trinajstić information content (AvgIpc) is 3.29. The Hall–Kier alpha value is -3.06. The van der Waals surface area contributed by atoms with Crippen molar-refractivity contribution < 1.29 is 23.0 Å². The second-order valence-corrected chi connectivity index (χ2v) is 11.2. The second-order valence-electron chi connectivity index (χ2n) is 8.60. The number of hydrogen-bond donors (Lipinski definition) is 1. The SMILES string of the molecule is Cc1ccc(S(=O)(=O)n2nc(-c3cnc(N4CCOCC4)c(OCCCO)c3)c3cc(Br)ncc32)cc1. The lowest BCUT2D eigenvalue weighted by molar-refractivity contribution is 0.122. The monoisotopic (exact) mass is 587 g/mol. The van der Waals surface area contributed by atoms with E-state index in [9.17, 15) is 13.5 Å². The lowest BCUT2D eigenvalue weighted by Gasteiger charge is -2.29. The molecule has 10 nitrogen and oxygen atoms in total. The molecule has 4 heterocycles. The number of benzene rings is 1. The molecule has 1 aliphatic heterocycles. The molecular formula is C25H26BrN5O5S. The molecule has 1 aliphatic rings. The first-order valence-corrected chi connectivity index (χ1v) is 14.0. The standard InChI is InChI=1S/C25H26BrN5O5S/c1-17-3-5-19(6-4-17)37(33,34)31-21-16-27-23(26)14-20(21)24(29-31)18-13-22(36-10-2-9-32)25(28-15-18)30-7-11-35-12-8-30/h3-6,13-16,32H,2,7-12H2,1H3. The van der Waals surface area contributed by atoms with Crippen LogP contribution in [0.15, 0.2) is 58.3 Å². The van der Waals surface area contributed by atoms with E-state index in [2.05, 4.69) is 35.9 Å². The fraction of sp³-hybridized carbons (Fsp3) is 0.320. The largest absolute Gasteiger partial charge is 0.490 e. The molecule has 0 bridgehead atoms. The summed E-state index contributed by atoms with van der Waals surface area (Å²) in [5.74, 6) is 1.20.